The average molecular weight is 517 g/mol. The Hall–Kier alpha value is -2.19. The van der Waals surface area contributed by atoms with Gasteiger partial charge in [-0.15, -0.1) is 11.3 Å². The molecule has 3 aromatic rings. The van der Waals surface area contributed by atoms with E-state index < -0.39 is 12.1 Å². The van der Waals surface area contributed by atoms with Crippen LogP contribution >= 0.6 is 22.9 Å². The molecule has 1 saturated heterocycles. The van der Waals surface area contributed by atoms with Crippen molar-refractivity contribution in [1.82, 2.24) is 9.88 Å². The van der Waals surface area contributed by atoms with Gasteiger partial charge in [0.05, 0.1) is 23.1 Å². The number of halogens is 1. The Morgan fingerprint density at radius 1 is 1.29 bits per heavy atom. The summed E-state index contributed by atoms with van der Waals surface area (Å²) in [6.07, 6.45) is 5.66. The number of aryl methyl sites for hydroxylation is 1. The van der Waals surface area contributed by atoms with Gasteiger partial charge in [0.15, 0.2) is 0 Å². The van der Waals surface area contributed by atoms with Crippen molar-refractivity contribution in [3.05, 3.63) is 57.4 Å². The first kappa shape index (κ1) is 25.9. The number of piperidine rings is 1. The number of aliphatic hydroxyl groups is 1. The molecule has 2 aromatic heterocycles. The summed E-state index contributed by atoms with van der Waals surface area (Å²) in [6, 6.07) is 11.6. The molecule has 6 nitrogen and oxygen atoms in total. The molecule has 35 heavy (non-hydrogen) atoms. The molecule has 0 unspecified atom stereocenters. The van der Waals surface area contributed by atoms with Gasteiger partial charge < -0.3 is 19.8 Å². The molecule has 0 amide bonds. The Morgan fingerprint density at radius 2 is 2.14 bits per heavy atom. The molecule has 0 aliphatic carbocycles. The van der Waals surface area contributed by atoms with Gasteiger partial charge in [0.2, 0.25) is 0 Å². The Bertz CT molecular complexity index is 1140. The van der Waals surface area contributed by atoms with Gasteiger partial charge in [-0.05, 0) is 99.0 Å². The fourth-order valence-electron chi connectivity index (χ4n) is 5.25. The number of hydrogen-bond acceptors (Lipinski definition) is 6. The van der Waals surface area contributed by atoms with E-state index in [1.54, 1.807) is 24.6 Å². The maximum atomic E-state index is 11.6. The van der Waals surface area contributed by atoms with Gasteiger partial charge in [-0.2, -0.15) is 0 Å². The van der Waals surface area contributed by atoms with Gasteiger partial charge in [0.25, 0.3) is 0 Å². The Balaban J connectivity index is 1.35. The van der Waals surface area contributed by atoms with Crippen molar-refractivity contribution in [3.8, 4) is 5.75 Å². The Morgan fingerprint density at radius 3 is 2.89 bits per heavy atom. The van der Waals surface area contributed by atoms with Crippen molar-refractivity contribution in [2.24, 2.45) is 11.8 Å². The predicted octanol–water partition coefficient (Wildman–Crippen LogP) is 5.82. The van der Waals surface area contributed by atoms with Crippen LogP contribution in [0.2, 0.25) is 4.34 Å². The lowest BCUT2D eigenvalue weighted by atomic mass is 9.79. The zero-order valence-corrected chi connectivity index (χ0v) is 21.6. The summed E-state index contributed by atoms with van der Waals surface area (Å²) in [5, 5.41) is 21.5. The molecule has 0 spiro atoms. The second kappa shape index (κ2) is 12.2. The highest BCUT2D eigenvalue weighted by atomic mass is 35.5. The minimum absolute atomic E-state index is 0.0962. The molecule has 4 rings (SSSR count). The van der Waals surface area contributed by atoms with E-state index in [1.165, 1.54) is 4.88 Å². The lowest BCUT2D eigenvalue weighted by molar-refractivity contribution is -0.139. The Labute approximate surface area is 215 Å². The number of rotatable bonds is 11. The number of ether oxygens (including phenoxy) is 1. The first-order chi connectivity index (χ1) is 16.9. The molecular formula is C27H33ClN2O4S. The number of aromatic nitrogens is 1. The van der Waals surface area contributed by atoms with Crippen LogP contribution < -0.4 is 4.74 Å². The van der Waals surface area contributed by atoms with E-state index in [2.05, 4.69) is 16.0 Å². The molecule has 1 aliphatic heterocycles. The van der Waals surface area contributed by atoms with E-state index in [9.17, 15) is 15.0 Å². The molecule has 0 saturated carbocycles. The first-order valence-corrected chi connectivity index (χ1v) is 13.4. The number of carboxylic acid groups (broad SMARTS) is 1. The third-order valence-corrected chi connectivity index (χ3v) is 8.38. The number of aliphatic hydroxyl groups excluding tert-OH is 1. The Kier molecular flexibility index (Phi) is 9.00. The van der Waals surface area contributed by atoms with Crippen molar-refractivity contribution in [2.75, 3.05) is 26.7 Å². The molecule has 8 heteroatoms. The fourth-order valence-corrected chi connectivity index (χ4v) is 6.38. The number of carbonyl (C=O) groups is 1. The van der Waals surface area contributed by atoms with Crippen LogP contribution in [0.15, 0.2) is 42.6 Å². The van der Waals surface area contributed by atoms with Crippen LogP contribution in [0.5, 0.6) is 5.75 Å². The third-order valence-electron chi connectivity index (χ3n) is 7.09. The number of likely N-dealkylation sites (tertiary alicyclic amines) is 1. The van der Waals surface area contributed by atoms with Crippen LogP contribution in [-0.4, -0.2) is 52.8 Å². The van der Waals surface area contributed by atoms with Gasteiger partial charge in [0, 0.05) is 29.4 Å². The van der Waals surface area contributed by atoms with Crippen molar-refractivity contribution >= 4 is 39.8 Å². The van der Waals surface area contributed by atoms with Crippen molar-refractivity contribution in [1.29, 1.82) is 0 Å². The molecule has 188 valence electrons. The number of aliphatic carboxylic acids is 1. The van der Waals surface area contributed by atoms with E-state index >= 15 is 0 Å². The number of pyridine rings is 1. The molecule has 1 aromatic carbocycles. The molecule has 0 radical (unpaired) electrons. The third kappa shape index (κ3) is 6.94. The lowest BCUT2D eigenvalue weighted by Gasteiger charge is -2.38. The number of fused-ring (bicyclic) bond motifs is 1. The minimum atomic E-state index is -0.747. The van der Waals surface area contributed by atoms with Crippen molar-refractivity contribution < 1.29 is 19.7 Å². The molecule has 1 aliphatic rings. The number of hydrogen-bond donors (Lipinski definition) is 2. The SMILES string of the molecule is COc1ccc2nccc([C@H](O)CC[C@@H]3CCN(CCCc4ccc(Cl)s4)C[C@@H]3CC(=O)O)c2c1. The van der Waals surface area contributed by atoms with Crippen LogP contribution in [0.3, 0.4) is 0 Å². The maximum absolute atomic E-state index is 11.6. The fraction of sp³-hybridized carbons (Fsp3) is 0.481. The van der Waals surface area contributed by atoms with Crippen LogP contribution in [0, 0.1) is 11.8 Å². The zero-order valence-electron chi connectivity index (χ0n) is 20.0. The predicted molar refractivity (Wildman–Crippen MR) is 140 cm³/mol. The van der Waals surface area contributed by atoms with Crippen LogP contribution in [-0.2, 0) is 11.2 Å². The minimum Gasteiger partial charge on any atom is -0.497 e. The number of methoxy groups -OCH3 is 1. The quantitative estimate of drug-likeness (QED) is 0.334. The van der Waals surface area contributed by atoms with Crippen molar-refractivity contribution in [2.45, 2.75) is 44.6 Å². The first-order valence-electron chi connectivity index (χ1n) is 12.2. The van der Waals surface area contributed by atoms with E-state index in [1.807, 2.05) is 30.3 Å². The zero-order chi connectivity index (χ0) is 24.8. The monoisotopic (exact) mass is 516 g/mol. The van der Waals surface area contributed by atoms with Crippen LogP contribution in [0.25, 0.3) is 10.9 Å². The van der Waals surface area contributed by atoms with E-state index in [-0.39, 0.29) is 18.3 Å². The molecule has 1 fully saturated rings. The number of thiophene rings is 1. The summed E-state index contributed by atoms with van der Waals surface area (Å²) in [6.45, 7) is 2.73. The van der Waals surface area contributed by atoms with Crippen LogP contribution in [0.1, 0.15) is 48.6 Å². The smallest absolute Gasteiger partial charge is 0.303 e. The van der Waals surface area contributed by atoms with Crippen molar-refractivity contribution in [3.63, 3.8) is 0 Å². The highest BCUT2D eigenvalue weighted by Gasteiger charge is 2.31. The topological polar surface area (TPSA) is 82.9 Å². The summed E-state index contributed by atoms with van der Waals surface area (Å²) in [5.41, 5.74) is 1.67. The van der Waals surface area contributed by atoms with Gasteiger partial charge in [-0.1, -0.05) is 11.6 Å². The average Bonchev–Trinajstić information content (AvgIpc) is 3.27. The summed E-state index contributed by atoms with van der Waals surface area (Å²) < 4.78 is 6.17. The highest BCUT2D eigenvalue weighted by molar-refractivity contribution is 7.16. The second-order valence-electron chi connectivity index (χ2n) is 9.39. The standard InChI is InChI=1S/C27H33ClN2O4S/c1-34-20-5-7-24-23(16-20)22(10-12-29-24)25(31)8-4-18-11-14-30(17-19(18)15-27(32)33)13-2-3-21-6-9-26(28)35-21/h5-7,9-10,12,16,18-19,25,31H,2-4,8,11,13-15,17H2,1H3,(H,32,33)/t18-,19+,25-/m1/s1. The van der Waals surface area contributed by atoms with E-state index in [0.717, 1.165) is 71.9 Å². The highest BCUT2D eigenvalue weighted by Crippen LogP contribution is 2.35. The van der Waals surface area contributed by atoms with Crippen LogP contribution in [0.4, 0.5) is 0 Å². The summed E-state index contributed by atoms with van der Waals surface area (Å²) in [5.74, 6) is 0.368. The van der Waals surface area contributed by atoms with E-state index in [4.69, 9.17) is 16.3 Å². The lowest BCUT2D eigenvalue weighted by Crippen LogP contribution is -2.42. The molecule has 3 heterocycles. The maximum Gasteiger partial charge on any atom is 0.303 e. The van der Waals surface area contributed by atoms with Gasteiger partial charge in [0.1, 0.15) is 5.75 Å². The molecule has 3 atom stereocenters. The number of nitrogens with zero attached hydrogens (tertiary/aromatic N) is 2. The second-order valence-corrected chi connectivity index (χ2v) is 11.2. The summed E-state index contributed by atoms with van der Waals surface area (Å²) in [4.78, 5) is 19.7. The van der Waals surface area contributed by atoms with Gasteiger partial charge >= 0.3 is 5.97 Å². The van der Waals surface area contributed by atoms with Gasteiger partial charge in [-0.3, -0.25) is 9.78 Å². The molecule has 0 bridgehead atoms. The summed E-state index contributed by atoms with van der Waals surface area (Å²) >= 11 is 7.66. The largest absolute Gasteiger partial charge is 0.497 e. The normalized spacial score (nSPS) is 19.6. The van der Waals surface area contributed by atoms with E-state index in [0.29, 0.717) is 6.42 Å². The molecular weight excluding hydrogens is 484 g/mol. The number of carboxylic acids is 1. The summed E-state index contributed by atoms with van der Waals surface area (Å²) in [7, 11) is 1.63. The van der Waals surface area contributed by atoms with Gasteiger partial charge in [-0.25, -0.2) is 0 Å². The molecule has 2 N–H and O–H groups in total. The number of benzene rings is 1.